The van der Waals surface area contributed by atoms with Gasteiger partial charge in [-0.3, -0.25) is 15.0 Å². The third-order valence-electron chi connectivity index (χ3n) is 8.96. The number of amides is 1. The molecule has 0 fully saturated rings. The minimum Gasteiger partial charge on any atom is -0.480 e. The van der Waals surface area contributed by atoms with E-state index < -0.39 is 6.10 Å². The largest absolute Gasteiger partial charge is 0.480 e. The number of carbonyl (C=O) groups is 1. The Morgan fingerprint density at radius 1 is 0.885 bits per heavy atom. The van der Waals surface area contributed by atoms with Crippen LogP contribution in [0.5, 0.6) is 5.75 Å². The van der Waals surface area contributed by atoms with Crippen molar-refractivity contribution in [3.63, 3.8) is 0 Å². The van der Waals surface area contributed by atoms with Crippen LogP contribution < -0.4 is 10.1 Å². The Balaban J connectivity index is 0.000000223. The standard InChI is InChI=1S/C24H34ClN5O2.C15H17ClN4/c1-6-7-8-9-10-20(32-19-12-11-15(2)13-16(19)3)24(31)26-14-17(4)22-27-23-21(25)18(5)28-30(23)29-22;1-9-5-7-10(8-6-9)13-17-14-11(16)12(15(2,3)4)18-20(14)19-13/h11-13,17,20,28H,6-10,14H2,1-5H3,(H,26,31);5-8,18H,1-4H3. The Hall–Kier alpha value is -4.35. The summed E-state index contributed by atoms with van der Waals surface area (Å²) in [6, 6.07) is 14.2. The molecule has 278 valence electrons. The van der Waals surface area contributed by atoms with Crippen LogP contribution in [0.4, 0.5) is 0 Å². The minimum absolute atomic E-state index is 0.0644. The normalized spacial score (nSPS) is 12.9. The van der Waals surface area contributed by atoms with Gasteiger partial charge in [-0.1, -0.05) is 125 Å². The number of carbonyl (C=O) groups excluding carboxylic acids is 1. The molecule has 52 heavy (non-hydrogen) atoms. The lowest BCUT2D eigenvalue weighted by Gasteiger charge is -2.21. The number of halogens is 2. The number of aromatic amines is 2. The molecule has 0 bridgehead atoms. The van der Waals surface area contributed by atoms with Crippen molar-refractivity contribution >= 4 is 40.4 Å². The van der Waals surface area contributed by atoms with Crippen LogP contribution in [-0.4, -0.2) is 58.2 Å². The van der Waals surface area contributed by atoms with Gasteiger partial charge in [0.05, 0.1) is 11.4 Å². The SMILES string of the molecule is CCCCCCC(Oc1ccc(C)cc1C)C(=O)NCC(C)c1nc2c(Cl)c(C)[nH]n2n1.Cc1ccc(-c2nc3c(Cl)c(C(C)(C)C)[nH]n3n2)cc1. The summed E-state index contributed by atoms with van der Waals surface area (Å²) in [7, 11) is 0. The predicted molar refractivity (Wildman–Crippen MR) is 209 cm³/mol. The first-order valence-electron chi connectivity index (χ1n) is 18.0. The molecule has 6 rings (SSSR count). The summed E-state index contributed by atoms with van der Waals surface area (Å²) in [5, 5.41) is 19.5. The fourth-order valence-electron chi connectivity index (χ4n) is 5.80. The first-order valence-corrected chi connectivity index (χ1v) is 18.8. The van der Waals surface area contributed by atoms with Gasteiger partial charge >= 0.3 is 0 Å². The molecule has 13 heteroatoms. The van der Waals surface area contributed by atoms with Crippen LogP contribution in [0, 0.1) is 27.7 Å². The lowest BCUT2D eigenvalue weighted by molar-refractivity contribution is -0.128. The summed E-state index contributed by atoms with van der Waals surface area (Å²) >= 11 is 12.7. The van der Waals surface area contributed by atoms with Crippen molar-refractivity contribution in [2.75, 3.05) is 6.54 Å². The van der Waals surface area contributed by atoms with E-state index in [0.717, 1.165) is 53.9 Å². The Morgan fingerprint density at radius 2 is 1.56 bits per heavy atom. The zero-order valence-electron chi connectivity index (χ0n) is 31.7. The third-order valence-corrected chi connectivity index (χ3v) is 9.77. The van der Waals surface area contributed by atoms with E-state index in [9.17, 15) is 4.79 Å². The minimum atomic E-state index is -0.526. The van der Waals surface area contributed by atoms with Gasteiger partial charge in [-0.05, 0) is 52.2 Å². The molecule has 0 radical (unpaired) electrons. The molecular formula is C39H51Cl2N9O2. The van der Waals surface area contributed by atoms with Crippen molar-refractivity contribution in [2.24, 2.45) is 0 Å². The van der Waals surface area contributed by atoms with Gasteiger partial charge in [0.15, 0.2) is 29.0 Å². The van der Waals surface area contributed by atoms with Crippen LogP contribution in [0.25, 0.3) is 22.7 Å². The van der Waals surface area contributed by atoms with Gasteiger partial charge < -0.3 is 10.1 Å². The topological polar surface area (TPSA) is 130 Å². The van der Waals surface area contributed by atoms with Crippen molar-refractivity contribution in [1.29, 1.82) is 0 Å². The second-order valence-electron chi connectivity index (χ2n) is 14.7. The van der Waals surface area contributed by atoms with E-state index >= 15 is 0 Å². The van der Waals surface area contributed by atoms with Gasteiger partial charge in [-0.15, -0.1) is 10.2 Å². The monoisotopic (exact) mass is 747 g/mol. The molecule has 0 saturated carbocycles. The Kier molecular flexibility index (Phi) is 12.4. The number of ether oxygens (including phenoxy) is 1. The molecule has 2 unspecified atom stereocenters. The Morgan fingerprint density at radius 3 is 2.19 bits per heavy atom. The predicted octanol–water partition coefficient (Wildman–Crippen LogP) is 9.26. The van der Waals surface area contributed by atoms with Crippen LogP contribution in [-0.2, 0) is 10.2 Å². The molecule has 4 heterocycles. The second-order valence-corrected chi connectivity index (χ2v) is 15.5. The van der Waals surface area contributed by atoms with Crippen LogP contribution in [0.15, 0.2) is 42.5 Å². The van der Waals surface area contributed by atoms with Crippen molar-refractivity contribution in [3.8, 4) is 17.1 Å². The first kappa shape index (κ1) is 38.9. The smallest absolute Gasteiger partial charge is 0.261 e. The molecule has 1 amide bonds. The van der Waals surface area contributed by atoms with Crippen LogP contribution in [0.2, 0.25) is 10.0 Å². The first-order chi connectivity index (χ1) is 24.7. The number of fused-ring (bicyclic) bond motifs is 2. The van der Waals surface area contributed by atoms with E-state index in [2.05, 4.69) is 76.4 Å². The summed E-state index contributed by atoms with van der Waals surface area (Å²) in [5.41, 5.74) is 7.39. The number of unbranched alkanes of at least 4 members (excludes halogenated alkanes) is 3. The summed E-state index contributed by atoms with van der Waals surface area (Å²) < 4.78 is 9.40. The maximum atomic E-state index is 13.0. The van der Waals surface area contributed by atoms with Gasteiger partial charge in [0.2, 0.25) is 0 Å². The molecule has 0 aliphatic carbocycles. The number of hydrogen-bond donors (Lipinski definition) is 3. The van der Waals surface area contributed by atoms with Crippen LogP contribution in [0.3, 0.4) is 0 Å². The molecule has 0 aliphatic heterocycles. The lowest BCUT2D eigenvalue weighted by atomic mass is 9.92. The number of benzene rings is 2. The summed E-state index contributed by atoms with van der Waals surface area (Å²) in [5.74, 6) is 1.90. The molecule has 3 N–H and O–H groups in total. The highest BCUT2D eigenvalue weighted by molar-refractivity contribution is 6.34. The lowest BCUT2D eigenvalue weighted by Crippen LogP contribution is -2.40. The van der Waals surface area contributed by atoms with Gasteiger partial charge in [0, 0.05) is 23.4 Å². The van der Waals surface area contributed by atoms with E-state index in [1.54, 1.807) is 9.26 Å². The molecule has 2 atom stereocenters. The van der Waals surface area contributed by atoms with Gasteiger partial charge in [-0.25, -0.2) is 9.97 Å². The number of aryl methyl sites for hydroxylation is 4. The van der Waals surface area contributed by atoms with Crippen molar-refractivity contribution < 1.29 is 9.53 Å². The summed E-state index contributed by atoms with van der Waals surface area (Å²) in [6.45, 7) is 18.9. The number of aromatic nitrogens is 8. The van der Waals surface area contributed by atoms with Crippen LogP contribution >= 0.6 is 23.2 Å². The summed E-state index contributed by atoms with van der Waals surface area (Å²) in [4.78, 5) is 22.1. The third kappa shape index (κ3) is 9.16. The maximum Gasteiger partial charge on any atom is 0.261 e. The van der Waals surface area contributed by atoms with E-state index in [1.807, 2.05) is 64.1 Å². The number of nitrogens with one attached hydrogen (secondary N) is 3. The van der Waals surface area contributed by atoms with Crippen molar-refractivity contribution in [1.82, 2.24) is 44.9 Å². The van der Waals surface area contributed by atoms with Crippen molar-refractivity contribution in [2.45, 2.75) is 112 Å². The van der Waals surface area contributed by atoms with E-state index in [1.165, 1.54) is 11.1 Å². The van der Waals surface area contributed by atoms with Crippen LogP contribution in [0.1, 0.15) is 107 Å². The molecule has 2 aromatic carbocycles. The highest BCUT2D eigenvalue weighted by Gasteiger charge is 2.25. The molecule has 0 aliphatic rings. The fourth-order valence-corrected chi connectivity index (χ4v) is 6.41. The Labute approximate surface area is 315 Å². The van der Waals surface area contributed by atoms with E-state index in [4.69, 9.17) is 27.9 Å². The highest BCUT2D eigenvalue weighted by Crippen LogP contribution is 2.32. The molecule has 11 nitrogen and oxygen atoms in total. The average Bonchev–Trinajstić information content (AvgIpc) is 3.85. The second kappa shape index (κ2) is 16.5. The fraction of sp³-hybridized carbons (Fsp3) is 0.462. The van der Waals surface area contributed by atoms with E-state index in [0.29, 0.717) is 46.0 Å². The number of hydrogen-bond acceptors (Lipinski definition) is 6. The number of rotatable bonds is 12. The highest BCUT2D eigenvalue weighted by atomic mass is 35.5. The zero-order valence-corrected chi connectivity index (χ0v) is 33.2. The number of H-pyrrole nitrogens is 2. The van der Waals surface area contributed by atoms with Gasteiger partial charge in [-0.2, -0.15) is 9.26 Å². The van der Waals surface area contributed by atoms with Gasteiger partial charge in [0.1, 0.15) is 15.8 Å². The van der Waals surface area contributed by atoms with E-state index in [-0.39, 0.29) is 17.2 Å². The molecule has 0 saturated heterocycles. The molecule has 4 aromatic heterocycles. The van der Waals surface area contributed by atoms with Gasteiger partial charge in [0.25, 0.3) is 5.91 Å². The molecule has 0 spiro atoms. The average molecular weight is 749 g/mol. The molecular weight excluding hydrogens is 697 g/mol. The zero-order chi connectivity index (χ0) is 37.7. The van der Waals surface area contributed by atoms with Crippen molar-refractivity contribution in [3.05, 3.63) is 86.4 Å². The quantitative estimate of drug-likeness (QED) is 0.107. The Bertz CT molecular complexity index is 2120. The molecule has 6 aromatic rings. The maximum absolute atomic E-state index is 13.0. The number of nitrogens with zero attached hydrogens (tertiary/aromatic N) is 6. The summed E-state index contributed by atoms with van der Waals surface area (Å²) in [6.07, 6.45) is 4.53.